The van der Waals surface area contributed by atoms with Crippen LogP contribution in [0, 0.1) is 0 Å². The number of nitrogens with one attached hydrogen (secondary N) is 1. The Morgan fingerprint density at radius 1 is 1.50 bits per heavy atom. The van der Waals surface area contributed by atoms with Crippen molar-refractivity contribution in [3.63, 3.8) is 0 Å². The molecule has 1 saturated heterocycles. The minimum Gasteiger partial charge on any atom is -0.471 e. The molecule has 0 radical (unpaired) electrons. The zero-order chi connectivity index (χ0) is 11.0. The molecular weight excluding hydrogens is 210 g/mol. The van der Waals surface area contributed by atoms with E-state index in [0.717, 1.165) is 18.4 Å². The van der Waals surface area contributed by atoms with Gasteiger partial charge in [0.15, 0.2) is 5.65 Å². The van der Waals surface area contributed by atoms with Gasteiger partial charge in [-0.25, -0.2) is 0 Å². The highest BCUT2D eigenvalue weighted by Crippen LogP contribution is 2.23. The van der Waals surface area contributed by atoms with Crippen LogP contribution in [0.4, 0.5) is 5.95 Å². The van der Waals surface area contributed by atoms with E-state index < -0.39 is 0 Å². The number of rotatable bonds is 2. The van der Waals surface area contributed by atoms with Crippen LogP contribution in [0.15, 0.2) is 6.20 Å². The lowest BCUT2D eigenvalue weighted by Crippen LogP contribution is -2.17. The normalized spacial score (nSPS) is 20.4. The van der Waals surface area contributed by atoms with Gasteiger partial charge in [-0.2, -0.15) is 15.1 Å². The van der Waals surface area contributed by atoms with E-state index >= 15 is 0 Å². The van der Waals surface area contributed by atoms with Crippen LogP contribution in [0.1, 0.15) is 6.42 Å². The lowest BCUT2D eigenvalue weighted by molar-refractivity contribution is 0.139. The summed E-state index contributed by atoms with van der Waals surface area (Å²) in [5.74, 6) is 0.636. The number of ether oxygens (including phenoxy) is 2. The number of nitrogens with two attached hydrogens (primary N) is 1. The van der Waals surface area contributed by atoms with Gasteiger partial charge in [-0.3, -0.25) is 5.10 Å². The first-order valence-electron chi connectivity index (χ1n) is 5.04. The zero-order valence-corrected chi connectivity index (χ0v) is 8.51. The first-order chi connectivity index (χ1) is 7.83. The smallest absolute Gasteiger partial charge is 0.229 e. The van der Waals surface area contributed by atoms with Crippen molar-refractivity contribution >= 4 is 17.0 Å². The molecule has 84 valence electrons. The average Bonchev–Trinajstić information content (AvgIpc) is 2.87. The summed E-state index contributed by atoms with van der Waals surface area (Å²) in [4.78, 5) is 8.07. The number of anilines is 1. The fraction of sp³-hybridized carbons (Fsp3) is 0.444. The van der Waals surface area contributed by atoms with E-state index in [0.29, 0.717) is 18.1 Å². The molecule has 0 spiro atoms. The third-order valence-electron chi connectivity index (χ3n) is 2.46. The van der Waals surface area contributed by atoms with Gasteiger partial charge < -0.3 is 15.2 Å². The summed E-state index contributed by atoms with van der Waals surface area (Å²) in [6.07, 6.45) is 2.52. The molecule has 1 fully saturated rings. The van der Waals surface area contributed by atoms with Crippen molar-refractivity contribution < 1.29 is 9.47 Å². The van der Waals surface area contributed by atoms with Crippen molar-refractivity contribution in [2.75, 3.05) is 18.9 Å². The number of fused-ring (bicyclic) bond motifs is 1. The third-order valence-corrected chi connectivity index (χ3v) is 2.46. The van der Waals surface area contributed by atoms with Crippen molar-refractivity contribution in [1.29, 1.82) is 0 Å². The van der Waals surface area contributed by atoms with Gasteiger partial charge in [0.1, 0.15) is 11.5 Å². The standard InChI is InChI=1S/C9H11N5O2/c10-9-12-7-6(3-11-14-7)8(13-9)16-5-1-2-15-4-5/h3,5H,1-2,4H2,(H3,10,11,12,13,14). The van der Waals surface area contributed by atoms with Crippen molar-refractivity contribution in [3.8, 4) is 5.88 Å². The van der Waals surface area contributed by atoms with Crippen LogP contribution in [-0.2, 0) is 4.74 Å². The molecule has 1 atom stereocenters. The Bertz CT molecular complexity index is 506. The maximum absolute atomic E-state index is 5.71. The maximum Gasteiger partial charge on any atom is 0.229 e. The second kappa shape index (κ2) is 3.60. The molecule has 3 heterocycles. The number of nitrogen functional groups attached to an aromatic ring is 1. The van der Waals surface area contributed by atoms with E-state index in [2.05, 4.69) is 20.2 Å². The summed E-state index contributed by atoms with van der Waals surface area (Å²) < 4.78 is 10.9. The Labute approximate surface area is 91.0 Å². The second-order valence-electron chi connectivity index (χ2n) is 3.62. The van der Waals surface area contributed by atoms with Gasteiger partial charge in [-0.05, 0) is 0 Å². The van der Waals surface area contributed by atoms with Gasteiger partial charge in [0.25, 0.3) is 0 Å². The highest BCUT2D eigenvalue weighted by atomic mass is 16.5. The van der Waals surface area contributed by atoms with Crippen LogP contribution in [0.2, 0.25) is 0 Å². The van der Waals surface area contributed by atoms with E-state index in [4.69, 9.17) is 15.2 Å². The lowest BCUT2D eigenvalue weighted by atomic mass is 10.3. The average molecular weight is 221 g/mol. The number of aromatic amines is 1. The van der Waals surface area contributed by atoms with Crippen LogP contribution >= 0.6 is 0 Å². The van der Waals surface area contributed by atoms with Crippen LogP contribution in [0.5, 0.6) is 5.88 Å². The van der Waals surface area contributed by atoms with Crippen LogP contribution in [-0.4, -0.2) is 39.5 Å². The molecule has 1 aliphatic heterocycles. The molecule has 0 bridgehead atoms. The van der Waals surface area contributed by atoms with E-state index in [-0.39, 0.29) is 12.1 Å². The minimum absolute atomic E-state index is 0.0346. The highest BCUT2D eigenvalue weighted by Gasteiger charge is 2.20. The Balaban J connectivity index is 1.97. The van der Waals surface area contributed by atoms with Crippen LogP contribution < -0.4 is 10.5 Å². The molecular formula is C9H11N5O2. The third kappa shape index (κ3) is 1.54. The van der Waals surface area contributed by atoms with Crippen molar-refractivity contribution in [2.45, 2.75) is 12.5 Å². The predicted octanol–water partition coefficient (Wildman–Crippen LogP) is 0.103. The second-order valence-corrected chi connectivity index (χ2v) is 3.62. The predicted molar refractivity (Wildman–Crippen MR) is 55.9 cm³/mol. The van der Waals surface area contributed by atoms with Crippen LogP contribution in [0.3, 0.4) is 0 Å². The Hall–Kier alpha value is -1.89. The maximum atomic E-state index is 5.71. The summed E-state index contributed by atoms with van der Waals surface area (Å²) in [6.45, 7) is 1.31. The molecule has 0 amide bonds. The van der Waals surface area contributed by atoms with Crippen molar-refractivity contribution in [1.82, 2.24) is 20.2 Å². The van der Waals surface area contributed by atoms with E-state index in [9.17, 15) is 0 Å². The summed E-state index contributed by atoms with van der Waals surface area (Å²) in [5.41, 5.74) is 6.16. The molecule has 0 aromatic carbocycles. The van der Waals surface area contributed by atoms with E-state index in [1.165, 1.54) is 0 Å². The van der Waals surface area contributed by atoms with Gasteiger partial charge >= 0.3 is 0 Å². The Morgan fingerprint density at radius 3 is 3.25 bits per heavy atom. The first kappa shape index (κ1) is 9.34. The minimum atomic E-state index is 0.0346. The fourth-order valence-electron chi connectivity index (χ4n) is 1.68. The quantitative estimate of drug-likeness (QED) is 0.746. The van der Waals surface area contributed by atoms with Crippen molar-refractivity contribution in [2.24, 2.45) is 0 Å². The summed E-state index contributed by atoms with van der Waals surface area (Å²) in [5, 5.41) is 7.35. The molecule has 16 heavy (non-hydrogen) atoms. The molecule has 7 nitrogen and oxygen atoms in total. The van der Waals surface area contributed by atoms with Crippen LogP contribution in [0.25, 0.3) is 11.0 Å². The molecule has 7 heteroatoms. The van der Waals surface area contributed by atoms with Gasteiger partial charge in [0.05, 0.1) is 19.4 Å². The largest absolute Gasteiger partial charge is 0.471 e. The molecule has 0 saturated carbocycles. The van der Waals surface area contributed by atoms with E-state index in [1.54, 1.807) is 6.20 Å². The molecule has 1 unspecified atom stereocenters. The first-order valence-corrected chi connectivity index (χ1v) is 5.04. The number of H-pyrrole nitrogens is 1. The molecule has 1 aliphatic rings. The highest BCUT2D eigenvalue weighted by molar-refractivity contribution is 5.80. The van der Waals surface area contributed by atoms with Gasteiger partial charge in [0, 0.05) is 6.42 Å². The van der Waals surface area contributed by atoms with Crippen molar-refractivity contribution in [3.05, 3.63) is 6.20 Å². The van der Waals surface area contributed by atoms with E-state index in [1.807, 2.05) is 0 Å². The number of aromatic nitrogens is 4. The summed E-state index contributed by atoms with van der Waals surface area (Å²) >= 11 is 0. The Morgan fingerprint density at radius 2 is 2.44 bits per heavy atom. The zero-order valence-electron chi connectivity index (χ0n) is 8.51. The molecule has 3 N–H and O–H groups in total. The SMILES string of the molecule is Nc1nc(OC2CCOC2)c2cn[nH]c2n1. The molecule has 2 aromatic rings. The molecule has 2 aromatic heterocycles. The number of hydrogen-bond donors (Lipinski definition) is 2. The van der Waals surface area contributed by atoms with Gasteiger partial charge in [-0.1, -0.05) is 0 Å². The fourth-order valence-corrected chi connectivity index (χ4v) is 1.68. The number of hydrogen-bond acceptors (Lipinski definition) is 6. The molecule has 3 rings (SSSR count). The lowest BCUT2D eigenvalue weighted by Gasteiger charge is -2.11. The van der Waals surface area contributed by atoms with Gasteiger partial charge in [-0.15, -0.1) is 0 Å². The molecule has 0 aliphatic carbocycles. The summed E-state index contributed by atoms with van der Waals surface area (Å²) in [6, 6.07) is 0. The number of nitrogens with zero attached hydrogens (tertiary/aromatic N) is 3. The summed E-state index contributed by atoms with van der Waals surface area (Å²) in [7, 11) is 0. The monoisotopic (exact) mass is 221 g/mol. The Kier molecular flexibility index (Phi) is 2.10. The van der Waals surface area contributed by atoms with Gasteiger partial charge in [0.2, 0.25) is 11.8 Å². The topological polar surface area (TPSA) is 98.9 Å².